The molecule has 1 nitrogen and oxygen atoms in total. The van der Waals surface area contributed by atoms with Gasteiger partial charge in [-0.25, -0.2) is 0 Å². The predicted molar refractivity (Wildman–Crippen MR) is 79.3 cm³/mol. The Morgan fingerprint density at radius 3 is 2.35 bits per heavy atom. The Kier molecular flexibility index (Phi) is 8.79. The number of hydrogen-bond acceptors (Lipinski definition) is 1. The van der Waals surface area contributed by atoms with E-state index in [0.29, 0.717) is 0 Å². The summed E-state index contributed by atoms with van der Waals surface area (Å²) in [7, 11) is 0. The molecule has 0 aliphatic carbocycles. The van der Waals surface area contributed by atoms with Gasteiger partial charge >= 0.3 is 0 Å². The highest BCUT2D eigenvalue weighted by molar-refractivity contribution is 5.25. The highest BCUT2D eigenvalue weighted by atomic mass is 14.9. The second-order valence-electron chi connectivity index (χ2n) is 4.79. The Labute approximate surface area is 108 Å². The fourth-order valence-corrected chi connectivity index (χ4v) is 2.28. The normalized spacial score (nSPS) is 16.9. The summed E-state index contributed by atoms with van der Waals surface area (Å²) in [5.41, 5.74) is 1.61. The minimum absolute atomic E-state index is 0.219. The van der Waals surface area contributed by atoms with Crippen molar-refractivity contribution in [1.82, 2.24) is 5.32 Å². The van der Waals surface area contributed by atoms with E-state index in [1.807, 2.05) is 0 Å². The van der Waals surface area contributed by atoms with Gasteiger partial charge in [0.25, 0.3) is 0 Å². The molecular weight excluding hydrogens is 206 g/mol. The van der Waals surface area contributed by atoms with Crippen LogP contribution in [-0.2, 0) is 0 Å². The van der Waals surface area contributed by atoms with Crippen molar-refractivity contribution < 1.29 is 0 Å². The smallest absolute Gasteiger partial charge is 0.0193 e. The van der Waals surface area contributed by atoms with Crippen molar-refractivity contribution in [3.8, 4) is 0 Å². The van der Waals surface area contributed by atoms with Gasteiger partial charge in [0.05, 0.1) is 0 Å². The number of allylic oxidation sites excluding steroid dienone is 5. The summed E-state index contributed by atoms with van der Waals surface area (Å²) < 4.78 is 0. The molecule has 0 heterocycles. The molecule has 0 aromatic rings. The maximum Gasteiger partial charge on any atom is 0.0193 e. The second kappa shape index (κ2) is 9.23. The van der Waals surface area contributed by atoms with Gasteiger partial charge in [-0.15, -0.1) is 0 Å². The van der Waals surface area contributed by atoms with Crippen LogP contribution in [0.25, 0.3) is 0 Å². The Hall–Kier alpha value is -0.820. The molecule has 0 aliphatic heterocycles. The van der Waals surface area contributed by atoms with Crippen molar-refractivity contribution in [1.29, 1.82) is 0 Å². The summed E-state index contributed by atoms with van der Waals surface area (Å²) in [6.45, 7) is 11.9. The van der Waals surface area contributed by atoms with Crippen LogP contribution in [0.1, 0.15) is 53.9 Å². The molecule has 0 fully saturated rings. The van der Waals surface area contributed by atoms with Crippen molar-refractivity contribution in [3.05, 3.63) is 36.0 Å². The summed E-state index contributed by atoms with van der Waals surface area (Å²) in [6, 6.07) is 0. The van der Waals surface area contributed by atoms with Gasteiger partial charge < -0.3 is 5.32 Å². The molecule has 1 unspecified atom stereocenters. The van der Waals surface area contributed by atoms with Gasteiger partial charge in [-0.3, -0.25) is 0 Å². The second-order valence-corrected chi connectivity index (χ2v) is 4.79. The van der Waals surface area contributed by atoms with Crippen molar-refractivity contribution >= 4 is 0 Å². The van der Waals surface area contributed by atoms with Crippen LogP contribution in [0.4, 0.5) is 0 Å². The molecule has 17 heavy (non-hydrogen) atoms. The third kappa shape index (κ3) is 7.17. The molecule has 0 spiro atoms. The molecule has 0 saturated heterocycles. The van der Waals surface area contributed by atoms with E-state index in [2.05, 4.69) is 70.3 Å². The predicted octanol–water partition coefficient (Wildman–Crippen LogP) is 4.62. The van der Waals surface area contributed by atoms with Crippen LogP contribution in [0.3, 0.4) is 0 Å². The molecule has 1 N–H and O–H groups in total. The van der Waals surface area contributed by atoms with Gasteiger partial charge in [0.2, 0.25) is 0 Å². The van der Waals surface area contributed by atoms with Crippen molar-refractivity contribution in [2.24, 2.45) is 0 Å². The van der Waals surface area contributed by atoms with Crippen LogP contribution in [0.2, 0.25) is 0 Å². The molecule has 0 radical (unpaired) electrons. The van der Waals surface area contributed by atoms with E-state index in [4.69, 9.17) is 0 Å². The first-order chi connectivity index (χ1) is 8.11. The van der Waals surface area contributed by atoms with Crippen LogP contribution >= 0.6 is 0 Å². The zero-order valence-corrected chi connectivity index (χ0v) is 12.2. The van der Waals surface area contributed by atoms with Crippen LogP contribution in [0.5, 0.6) is 0 Å². The van der Waals surface area contributed by atoms with Crippen molar-refractivity contribution in [2.75, 3.05) is 6.54 Å². The maximum atomic E-state index is 3.63. The average molecular weight is 235 g/mol. The Bertz CT molecular complexity index is 265. The number of nitrogens with one attached hydrogen (secondary N) is 1. The Balaban J connectivity index is 4.78. The largest absolute Gasteiger partial charge is 0.311 e. The molecule has 98 valence electrons. The van der Waals surface area contributed by atoms with E-state index < -0.39 is 0 Å². The average Bonchev–Trinajstić information content (AvgIpc) is 2.26. The lowest BCUT2D eigenvalue weighted by atomic mass is 9.87. The third-order valence-electron chi connectivity index (χ3n) is 2.88. The number of rotatable bonds is 8. The first-order valence-corrected chi connectivity index (χ1v) is 6.81. The highest BCUT2D eigenvalue weighted by Crippen LogP contribution is 2.22. The molecule has 0 aliphatic rings. The molecule has 0 amide bonds. The third-order valence-corrected chi connectivity index (χ3v) is 2.88. The summed E-state index contributed by atoms with van der Waals surface area (Å²) in [5.74, 6) is 0. The molecule has 0 saturated carbocycles. The molecule has 0 bridgehead atoms. The monoisotopic (exact) mass is 235 g/mol. The van der Waals surface area contributed by atoms with Gasteiger partial charge in [-0.1, -0.05) is 50.6 Å². The first kappa shape index (κ1) is 16.2. The lowest BCUT2D eigenvalue weighted by molar-refractivity contribution is 0.334. The first-order valence-electron chi connectivity index (χ1n) is 6.81. The Morgan fingerprint density at radius 1 is 1.18 bits per heavy atom. The summed E-state index contributed by atoms with van der Waals surface area (Å²) in [5, 5.41) is 3.63. The van der Waals surface area contributed by atoms with E-state index in [0.717, 1.165) is 13.0 Å². The Morgan fingerprint density at radius 2 is 1.88 bits per heavy atom. The molecule has 0 aromatic heterocycles. The molecule has 1 heteroatoms. The summed E-state index contributed by atoms with van der Waals surface area (Å²) >= 11 is 0. The van der Waals surface area contributed by atoms with Crippen molar-refractivity contribution in [2.45, 2.75) is 59.4 Å². The van der Waals surface area contributed by atoms with Gasteiger partial charge in [0, 0.05) is 5.54 Å². The van der Waals surface area contributed by atoms with Crippen LogP contribution < -0.4 is 5.32 Å². The fraction of sp³-hybridized carbons (Fsp3) is 0.625. The quantitative estimate of drug-likeness (QED) is 0.605. The zero-order valence-electron chi connectivity index (χ0n) is 12.2. The molecular formula is C16H29N. The molecule has 0 rings (SSSR count). The van der Waals surface area contributed by atoms with Gasteiger partial charge in [0.15, 0.2) is 0 Å². The van der Waals surface area contributed by atoms with Crippen molar-refractivity contribution in [3.63, 3.8) is 0 Å². The topological polar surface area (TPSA) is 12.0 Å². The lowest BCUT2D eigenvalue weighted by Gasteiger charge is -2.31. The highest BCUT2D eigenvalue weighted by Gasteiger charge is 2.22. The minimum Gasteiger partial charge on any atom is -0.311 e. The minimum atomic E-state index is 0.219. The van der Waals surface area contributed by atoms with Crippen LogP contribution in [0, 0.1) is 0 Å². The lowest BCUT2D eigenvalue weighted by Crippen LogP contribution is -2.42. The summed E-state index contributed by atoms with van der Waals surface area (Å²) in [6.07, 6.45) is 14.3. The maximum absolute atomic E-state index is 3.63. The van der Waals surface area contributed by atoms with E-state index in [1.54, 1.807) is 0 Å². The van der Waals surface area contributed by atoms with E-state index >= 15 is 0 Å². The fourth-order valence-electron chi connectivity index (χ4n) is 2.28. The van der Waals surface area contributed by atoms with E-state index in [9.17, 15) is 0 Å². The van der Waals surface area contributed by atoms with Crippen LogP contribution in [-0.4, -0.2) is 12.1 Å². The van der Waals surface area contributed by atoms with E-state index in [1.165, 1.54) is 18.4 Å². The summed E-state index contributed by atoms with van der Waals surface area (Å²) in [4.78, 5) is 0. The van der Waals surface area contributed by atoms with Gasteiger partial charge in [-0.2, -0.15) is 0 Å². The van der Waals surface area contributed by atoms with Gasteiger partial charge in [-0.05, 0) is 45.7 Å². The molecule has 1 atom stereocenters. The number of hydrogen-bond donors (Lipinski definition) is 1. The standard InChI is InChI=1S/C16H29N/c1-6-10-12-15(11-7-2)14-16(5,13-8-3)17-9-4/h6-7,10-12,17H,8-9,13-14H2,1-5H3/b10-6-,11-7+,15-12+. The molecule has 0 aromatic carbocycles. The SMILES string of the molecule is C\C=C/C=C(\C=C\C)CC(C)(CCC)NCC. The van der Waals surface area contributed by atoms with E-state index in [-0.39, 0.29) is 5.54 Å². The van der Waals surface area contributed by atoms with Gasteiger partial charge in [0.1, 0.15) is 0 Å². The van der Waals surface area contributed by atoms with Crippen LogP contribution in [0.15, 0.2) is 36.0 Å². The zero-order chi connectivity index (χ0) is 13.1.